The third kappa shape index (κ3) is 2.98. The Labute approximate surface area is 115 Å². The number of hydrogen-bond donors (Lipinski definition) is 3. The van der Waals surface area contributed by atoms with Crippen molar-refractivity contribution in [1.82, 2.24) is 0 Å². The van der Waals surface area contributed by atoms with Gasteiger partial charge in [0.15, 0.2) is 5.76 Å². The van der Waals surface area contributed by atoms with Crippen LogP contribution in [-0.2, 0) is 10.0 Å². The number of benzene rings is 1. The summed E-state index contributed by atoms with van der Waals surface area (Å²) in [5, 5.41) is 16.4. The molecule has 20 heavy (non-hydrogen) atoms. The molecule has 106 valence electrons. The number of furan rings is 1. The molecule has 0 saturated carbocycles. The molecule has 0 bridgehead atoms. The Kier molecular flexibility index (Phi) is 3.51. The maximum Gasteiger partial charge on any atom is 0.291 e. The number of amides is 1. The average Bonchev–Trinajstić information content (AvgIpc) is 2.82. The molecule has 0 fully saturated rings. The first kappa shape index (κ1) is 14.1. The number of phenolic OH excluding ortho intramolecular Hbond substituents is 1. The Morgan fingerprint density at radius 2 is 2.00 bits per heavy atom. The van der Waals surface area contributed by atoms with Gasteiger partial charge in [0.2, 0.25) is 5.09 Å². The number of aryl methyl sites for hydroxylation is 1. The van der Waals surface area contributed by atoms with Crippen molar-refractivity contribution in [3.63, 3.8) is 0 Å². The number of carbonyl (C=O) groups excluding carboxylic acids is 1. The largest absolute Gasteiger partial charge is 0.506 e. The Balaban J connectivity index is 2.22. The highest BCUT2D eigenvalue weighted by molar-refractivity contribution is 7.89. The molecule has 0 aliphatic carbocycles. The second kappa shape index (κ2) is 4.99. The fourth-order valence-electron chi connectivity index (χ4n) is 1.53. The molecule has 0 aliphatic rings. The first-order chi connectivity index (χ1) is 9.27. The molecule has 0 atom stereocenters. The maximum absolute atomic E-state index is 11.8. The summed E-state index contributed by atoms with van der Waals surface area (Å²) in [7, 11) is -4.00. The lowest BCUT2D eigenvalue weighted by molar-refractivity contribution is 0.0991. The molecule has 0 radical (unpaired) electrons. The number of aromatic hydroxyl groups is 1. The summed E-state index contributed by atoms with van der Waals surface area (Å²) >= 11 is 0. The normalized spacial score (nSPS) is 11.3. The fourth-order valence-corrected chi connectivity index (χ4v) is 1.99. The third-order valence-electron chi connectivity index (χ3n) is 2.49. The van der Waals surface area contributed by atoms with Crippen molar-refractivity contribution in [2.45, 2.75) is 12.0 Å². The molecule has 0 aliphatic heterocycles. The number of phenols is 1. The summed E-state index contributed by atoms with van der Waals surface area (Å²) in [6.07, 6.45) is 0. The second-order valence-corrected chi connectivity index (χ2v) is 5.63. The number of anilines is 1. The molecule has 2 aromatic rings. The SMILES string of the molecule is Cc1ccc(NC(=O)c2ccc(S(N)(=O)=O)o2)c(O)c1. The van der Waals surface area contributed by atoms with E-state index in [1.54, 1.807) is 13.0 Å². The van der Waals surface area contributed by atoms with Crippen LogP contribution in [0.25, 0.3) is 0 Å². The Morgan fingerprint density at radius 3 is 2.55 bits per heavy atom. The van der Waals surface area contributed by atoms with E-state index in [1.165, 1.54) is 18.2 Å². The lowest BCUT2D eigenvalue weighted by Gasteiger charge is -2.06. The molecular formula is C12H12N2O5S. The van der Waals surface area contributed by atoms with Gasteiger partial charge in [0.1, 0.15) is 5.75 Å². The Bertz CT molecular complexity index is 764. The van der Waals surface area contributed by atoms with Gasteiger partial charge in [-0.3, -0.25) is 4.79 Å². The minimum absolute atomic E-state index is 0.100. The number of hydrogen-bond acceptors (Lipinski definition) is 5. The zero-order valence-electron chi connectivity index (χ0n) is 10.5. The van der Waals surface area contributed by atoms with Gasteiger partial charge in [0, 0.05) is 0 Å². The number of sulfonamides is 1. The Hall–Kier alpha value is -2.32. The molecule has 0 unspecified atom stereocenters. The van der Waals surface area contributed by atoms with Gasteiger partial charge in [0.05, 0.1) is 5.69 Å². The lowest BCUT2D eigenvalue weighted by atomic mass is 10.2. The zero-order valence-corrected chi connectivity index (χ0v) is 11.3. The van der Waals surface area contributed by atoms with E-state index in [-0.39, 0.29) is 17.2 Å². The van der Waals surface area contributed by atoms with Crippen molar-refractivity contribution in [2.75, 3.05) is 5.32 Å². The van der Waals surface area contributed by atoms with Crippen LogP contribution < -0.4 is 10.5 Å². The molecule has 1 aromatic heterocycles. The van der Waals surface area contributed by atoms with Crippen LogP contribution in [0, 0.1) is 6.92 Å². The molecule has 1 aromatic carbocycles. The van der Waals surface area contributed by atoms with Crippen molar-refractivity contribution in [3.05, 3.63) is 41.7 Å². The fraction of sp³-hybridized carbons (Fsp3) is 0.0833. The summed E-state index contributed by atoms with van der Waals surface area (Å²) < 4.78 is 26.9. The van der Waals surface area contributed by atoms with E-state index in [1.807, 2.05) is 0 Å². The standard InChI is InChI=1S/C12H12N2O5S/c1-7-2-3-8(9(15)6-7)14-12(16)10-4-5-11(19-10)20(13,17)18/h2-6,15H,1H3,(H,14,16)(H2,13,17,18). The van der Waals surface area contributed by atoms with E-state index in [0.29, 0.717) is 0 Å². The molecular weight excluding hydrogens is 284 g/mol. The second-order valence-electron chi connectivity index (χ2n) is 4.14. The third-order valence-corrected chi connectivity index (χ3v) is 3.27. The van der Waals surface area contributed by atoms with E-state index in [4.69, 9.17) is 9.56 Å². The number of nitrogens with one attached hydrogen (secondary N) is 1. The average molecular weight is 296 g/mol. The smallest absolute Gasteiger partial charge is 0.291 e. The lowest BCUT2D eigenvalue weighted by Crippen LogP contribution is -2.12. The van der Waals surface area contributed by atoms with E-state index in [2.05, 4.69) is 5.32 Å². The predicted octanol–water partition coefficient (Wildman–Crippen LogP) is 1.19. The van der Waals surface area contributed by atoms with Crippen molar-refractivity contribution in [1.29, 1.82) is 0 Å². The van der Waals surface area contributed by atoms with Crippen LogP contribution in [0.15, 0.2) is 39.8 Å². The summed E-state index contributed by atoms with van der Waals surface area (Å²) in [6.45, 7) is 1.79. The minimum Gasteiger partial charge on any atom is -0.506 e. The topological polar surface area (TPSA) is 123 Å². The van der Waals surface area contributed by atoms with Crippen molar-refractivity contribution in [2.24, 2.45) is 5.14 Å². The van der Waals surface area contributed by atoms with E-state index in [0.717, 1.165) is 11.6 Å². The number of rotatable bonds is 3. The summed E-state index contributed by atoms with van der Waals surface area (Å²) in [6, 6.07) is 6.96. The Morgan fingerprint density at radius 1 is 1.30 bits per heavy atom. The summed E-state index contributed by atoms with van der Waals surface area (Å²) in [5.41, 5.74) is 1.02. The van der Waals surface area contributed by atoms with Gasteiger partial charge in [0.25, 0.3) is 15.9 Å². The minimum atomic E-state index is -4.00. The number of carbonyl (C=O) groups is 1. The van der Waals surface area contributed by atoms with E-state index >= 15 is 0 Å². The van der Waals surface area contributed by atoms with E-state index < -0.39 is 21.0 Å². The predicted molar refractivity (Wildman–Crippen MR) is 70.9 cm³/mol. The number of nitrogens with two attached hydrogens (primary N) is 1. The van der Waals surface area contributed by atoms with Crippen LogP contribution in [-0.4, -0.2) is 19.4 Å². The van der Waals surface area contributed by atoms with Gasteiger partial charge in [-0.25, -0.2) is 13.6 Å². The van der Waals surface area contributed by atoms with Gasteiger partial charge >= 0.3 is 0 Å². The molecule has 0 spiro atoms. The van der Waals surface area contributed by atoms with Gasteiger partial charge in [-0.05, 0) is 36.8 Å². The highest BCUT2D eigenvalue weighted by atomic mass is 32.2. The molecule has 8 heteroatoms. The van der Waals surface area contributed by atoms with Crippen LogP contribution in [0.4, 0.5) is 5.69 Å². The first-order valence-electron chi connectivity index (χ1n) is 5.51. The van der Waals surface area contributed by atoms with Crippen molar-refractivity contribution >= 4 is 21.6 Å². The van der Waals surface area contributed by atoms with Crippen LogP contribution in [0.3, 0.4) is 0 Å². The van der Waals surface area contributed by atoms with Crippen LogP contribution in [0.5, 0.6) is 5.75 Å². The monoisotopic (exact) mass is 296 g/mol. The molecule has 7 nitrogen and oxygen atoms in total. The highest BCUT2D eigenvalue weighted by Gasteiger charge is 2.18. The molecule has 4 N–H and O–H groups in total. The summed E-state index contributed by atoms with van der Waals surface area (Å²) in [4.78, 5) is 11.8. The maximum atomic E-state index is 11.8. The van der Waals surface area contributed by atoms with Crippen molar-refractivity contribution < 1.29 is 22.7 Å². The van der Waals surface area contributed by atoms with Gasteiger partial charge < -0.3 is 14.8 Å². The molecule has 2 rings (SSSR count). The molecule has 0 saturated heterocycles. The van der Waals surface area contributed by atoms with Crippen LogP contribution in [0.2, 0.25) is 0 Å². The highest BCUT2D eigenvalue weighted by Crippen LogP contribution is 2.24. The van der Waals surface area contributed by atoms with Crippen LogP contribution >= 0.6 is 0 Å². The molecule has 1 amide bonds. The van der Waals surface area contributed by atoms with Crippen molar-refractivity contribution in [3.8, 4) is 5.75 Å². The van der Waals surface area contributed by atoms with Gasteiger partial charge in [-0.1, -0.05) is 6.07 Å². The zero-order chi connectivity index (χ0) is 14.9. The van der Waals surface area contributed by atoms with Gasteiger partial charge in [-0.2, -0.15) is 0 Å². The number of primary sulfonamides is 1. The molecule has 1 heterocycles. The quantitative estimate of drug-likeness (QED) is 0.734. The van der Waals surface area contributed by atoms with E-state index in [9.17, 15) is 18.3 Å². The van der Waals surface area contributed by atoms with Crippen LogP contribution in [0.1, 0.15) is 16.1 Å². The first-order valence-corrected chi connectivity index (χ1v) is 7.05. The summed E-state index contributed by atoms with van der Waals surface area (Å²) in [5.74, 6) is -1.02. The van der Waals surface area contributed by atoms with Gasteiger partial charge in [-0.15, -0.1) is 0 Å².